The van der Waals surface area contributed by atoms with E-state index in [-0.39, 0.29) is 11.2 Å². The molecule has 0 aliphatic carbocycles. The Morgan fingerprint density at radius 1 is 0.950 bits per heavy atom. The van der Waals surface area contributed by atoms with Crippen LogP contribution in [0.2, 0.25) is 5.02 Å². The summed E-state index contributed by atoms with van der Waals surface area (Å²) in [4.78, 5) is 24.0. The average molecular weight is 290 g/mol. The number of benzene rings is 1. The van der Waals surface area contributed by atoms with Crippen LogP contribution in [0.25, 0.3) is 16.6 Å². The standard InChI is InChI=1S/C14H12ClN3O2/c1-16-12-8-18(10-5-3-9(15)4-6-10)7-11(12)13(19)17(2)14(16)20/h3-8H,1-2H3. The van der Waals surface area contributed by atoms with Gasteiger partial charge in [-0.2, -0.15) is 0 Å². The fraction of sp³-hybridized carbons (Fsp3) is 0.143. The monoisotopic (exact) mass is 289 g/mol. The van der Waals surface area contributed by atoms with E-state index in [0.29, 0.717) is 15.9 Å². The number of hydrogen-bond acceptors (Lipinski definition) is 2. The molecule has 0 aliphatic heterocycles. The van der Waals surface area contributed by atoms with Gasteiger partial charge in [-0.3, -0.25) is 13.9 Å². The molecule has 20 heavy (non-hydrogen) atoms. The normalized spacial score (nSPS) is 11.2. The third-order valence-electron chi connectivity index (χ3n) is 3.40. The maximum atomic E-state index is 12.1. The molecule has 1 aromatic carbocycles. The van der Waals surface area contributed by atoms with E-state index < -0.39 is 0 Å². The quantitative estimate of drug-likeness (QED) is 0.684. The topological polar surface area (TPSA) is 48.9 Å². The molecule has 0 saturated heterocycles. The lowest BCUT2D eigenvalue weighted by atomic mass is 10.3. The van der Waals surface area contributed by atoms with Gasteiger partial charge < -0.3 is 4.57 Å². The lowest BCUT2D eigenvalue weighted by Crippen LogP contribution is -2.36. The summed E-state index contributed by atoms with van der Waals surface area (Å²) in [5, 5.41) is 1.15. The molecule has 5 nitrogen and oxygen atoms in total. The second-order valence-corrected chi connectivity index (χ2v) is 5.08. The van der Waals surface area contributed by atoms with Gasteiger partial charge in [-0.1, -0.05) is 11.6 Å². The minimum atomic E-state index is -0.337. The largest absolute Gasteiger partial charge is 0.330 e. The zero-order valence-electron chi connectivity index (χ0n) is 11.0. The van der Waals surface area contributed by atoms with Crippen LogP contribution in [-0.2, 0) is 14.1 Å². The Morgan fingerprint density at radius 2 is 1.60 bits per heavy atom. The summed E-state index contributed by atoms with van der Waals surface area (Å²) in [6.07, 6.45) is 3.49. The second kappa shape index (κ2) is 4.38. The number of fused-ring (bicyclic) bond motifs is 1. The molecule has 0 atom stereocenters. The van der Waals surface area contributed by atoms with E-state index in [9.17, 15) is 9.59 Å². The van der Waals surface area contributed by atoms with Crippen LogP contribution < -0.4 is 11.2 Å². The third-order valence-corrected chi connectivity index (χ3v) is 3.65. The summed E-state index contributed by atoms with van der Waals surface area (Å²) in [7, 11) is 3.13. The van der Waals surface area contributed by atoms with Gasteiger partial charge >= 0.3 is 5.69 Å². The Bertz CT molecular complexity index is 916. The van der Waals surface area contributed by atoms with Crippen molar-refractivity contribution in [1.29, 1.82) is 0 Å². The molecule has 6 heteroatoms. The Balaban J connectivity index is 2.34. The van der Waals surface area contributed by atoms with Crippen LogP contribution >= 0.6 is 11.6 Å². The molecule has 0 N–H and O–H groups in total. The van der Waals surface area contributed by atoms with E-state index in [2.05, 4.69) is 0 Å². The number of aromatic nitrogens is 3. The molecule has 0 amide bonds. The first-order chi connectivity index (χ1) is 9.49. The van der Waals surface area contributed by atoms with Crippen LogP contribution in [0.15, 0.2) is 46.2 Å². The van der Waals surface area contributed by atoms with Gasteiger partial charge in [0, 0.05) is 37.2 Å². The smallest absolute Gasteiger partial charge is 0.321 e. The highest BCUT2D eigenvalue weighted by molar-refractivity contribution is 6.30. The van der Waals surface area contributed by atoms with E-state index in [1.807, 2.05) is 16.7 Å². The minimum Gasteiger partial charge on any atom is -0.321 e. The summed E-state index contributed by atoms with van der Waals surface area (Å²) in [5.74, 6) is 0. The Labute approximate surface area is 119 Å². The SMILES string of the molecule is Cn1c(=O)c2cn(-c3ccc(Cl)cc3)cc2n(C)c1=O. The highest BCUT2D eigenvalue weighted by atomic mass is 35.5. The first kappa shape index (κ1) is 12.7. The van der Waals surface area contributed by atoms with E-state index >= 15 is 0 Å². The zero-order valence-corrected chi connectivity index (χ0v) is 11.8. The molecule has 0 aliphatic rings. The van der Waals surface area contributed by atoms with Gasteiger partial charge in [-0.25, -0.2) is 4.79 Å². The van der Waals surface area contributed by atoms with Crippen LogP contribution in [0, 0.1) is 0 Å². The maximum absolute atomic E-state index is 12.1. The van der Waals surface area contributed by atoms with Gasteiger partial charge in [0.05, 0.1) is 10.9 Å². The van der Waals surface area contributed by atoms with Crippen LogP contribution in [-0.4, -0.2) is 13.7 Å². The highest BCUT2D eigenvalue weighted by Crippen LogP contribution is 2.17. The van der Waals surface area contributed by atoms with E-state index in [0.717, 1.165) is 10.3 Å². The summed E-state index contributed by atoms with van der Waals surface area (Å²) in [5.41, 5.74) is 0.848. The molecule has 2 aromatic heterocycles. The Kier molecular flexibility index (Phi) is 2.79. The predicted molar refractivity (Wildman–Crippen MR) is 78.8 cm³/mol. The third kappa shape index (κ3) is 1.78. The van der Waals surface area contributed by atoms with Gasteiger partial charge in [0.1, 0.15) is 0 Å². The van der Waals surface area contributed by atoms with Crippen molar-refractivity contribution in [2.45, 2.75) is 0 Å². The van der Waals surface area contributed by atoms with Crippen molar-refractivity contribution in [3.05, 3.63) is 62.5 Å². The Hall–Kier alpha value is -2.27. The van der Waals surface area contributed by atoms with Crippen LogP contribution in [0.5, 0.6) is 0 Å². The second-order valence-electron chi connectivity index (χ2n) is 4.65. The summed E-state index contributed by atoms with van der Waals surface area (Å²) < 4.78 is 4.37. The molecule has 0 saturated carbocycles. The minimum absolute atomic E-state index is 0.296. The molecule has 2 heterocycles. The number of hydrogen-bond donors (Lipinski definition) is 0. The molecule has 102 valence electrons. The van der Waals surface area contributed by atoms with Gasteiger partial charge in [-0.05, 0) is 24.3 Å². The number of aryl methyl sites for hydroxylation is 1. The van der Waals surface area contributed by atoms with Crippen molar-refractivity contribution in [1.82, 2.24) is 13.7 Å². The molecule has 0 spiro atoms. The first-order valence-electron chi connectivity index (χ1n) is 6.02. The predicted octanol–water partition coefficient (Wildman–Crippen LogP) is 1.68. The van der Waals surface area contributed by atoms with Gasteiger partial charge in [0.2, 0.25) is 0 Å². The van der Waals surface area contributed by atoms with Crippen molar-refractivity contribution >= 4 is 22.5 Å². The zero-order chi connectivity index (χ0) is 14.4. The van der Waals surface area contributed by atoms with Crippen molar-refractivity contribution in [3.8, 4) is 5.69 Å². The van der Waals surface area contributed by atoms with Crippen LogP contribution in [0.1, 0.15) is 0 Å². The summed E-state index contributed by atoms with van der Waals surface area (Å²) >= 11 is 5.86. The lowest BCUT2D eigenvalue weighted by molar-refractivity contribution is 0.714. The van der Waals surface area contributed by atoms with E-state index in [4.69, 9.17) is 11.6 Å². The molecule has 3 aromatic rings. The molecule has 0 radical (unpaired) electrons. The van der Waals surface area contributed by atoms with Crippen LogP contribution in [0.4, 0.5) is 0 Å². The molecule has 3 rings (SSSR count). The van der Waals surface area contributed by atoms with Gasteiger partial charge in [0.15, 0.2) is 0 Å². The van der Waals surface area contributed by atoms with Crippen molar-refractivity contribution in [2.75, 3.05) is 0 Å². The molecular formula is C14H12ClN3O2. The molecule has 0 unspecified atom stereocenters. The number of rotatable bonds is 1. The van der Waals surface area contributed by atoms with Crippen molar-refractivity contribution in [3.63, 3.8) is 0 Å². The first-order valence-corrected chi connectivity index (χ1v) is 6.40. The molecular weight excluding hydrogens is 278 g/mol. The molecule has 0 fully saturated rings. The summed E-state index contributed by atoms with van der Waals surface area (Å²) in [6.45, 7) is 0. The van der Waals surface area contributed by atoms with Crippen molar-refractivity contribution < 1.29 is 0 Å². The lowest BCUT2D eigenvalue weighted by Gasteiger charge is -2.02. The molecule has 0 bridgehead atoms. The van der Waals surface area contributed by atoms with Crippen LogP contribution in [0.3, 0.4) is 0 Å². The summed E-state index contributed by atoms with van der Waals surface area (Å²) in [6, 6.07) is 7.25. The maximum Gasteiger partial charge on any atom is 0.330 e. The number of nitrogens with zero attached hydrogens (tertiary/aromatic N) is 3. The average Bonchev–Trinajstić information content (AvgIpc) is 2.89. The fourth-order valence-electron chi connectivity index (χ4n) is 2.23. The fourth-order valence-corrected chi connectivity index (χ4v) is 2.36. The van der Waals surface area contributed by atoms with E-state index in [1.54, 1.807) is 31.6 Å². The van der Waals surface area contributed by atoms with Gasteiger partial charge in [-0.15, -0.1) is 0 Å². The van der Waals surface area contributed by atoms with E-state index in [1.165, 1.54) is 11.6 Å². The number of halogens is 1. The van der Waals surface area contributed by atoms with Crippen molar-refractivity contribution in [2.24, 2.45) is 14.1 Å². The van der Waals surface area contributed by atoms with Gasteiger partial charge in [0.25, 0.3) is 5.56 Å². The highest BCUT2D eigenvalue weighted by Gasteiger charge is 2.11. The Morgan fingerprint density at radius 3 is 2.25 bits per heavy atom.